The highest BCUT2D eigenvalue weighted by Crippen LogP contribution is 2.28. The number of hydrogen-bond acceptors (Lipinski definition) is 8. The second-order valence-electron chi connectivity index (χ2n) is 8.34. The van der Waals surface area contributed by atoms with Gasteiger partial charge < -0.3 is 20.4 Å². The van der Waals surface area contributed by atoms with Crippen LogP contribution in [0, 0.1) is 0 Å². The summed E-state index contributed by atoms with van der Waals surface area (Å²) in [5, 5.41) is 7.37. The van der Waals surface area contributed by atoms with Crippen molar-refractivity contribution in [3.8, 4) is 0 Å². The third kappa shape index (κ3) is 5.24. The number of piperidine rings is 1. The molecule has 9 nitrogen and oxygen atoms in total. The molecule has 2 aliphatic heterocycles. The fourth-order valence-corrected chi connectivity index (χ4v) is 5.27. The highest BCUT2D eigenvalue weighted by Gasteiger charge is 2.35. The molecule has 2 N–H and O–H groups in total. The van der Waals surface area contributed by atoms with Crippen molar-refractivity contribution in [1.29, 1.82) is 0 Å². The Morgan fingerprint density at radius 3 is 2.81 bits per heavy atom. The Morgan fingerprint density at radius 2 is 2.06 bits per heavy atom. The van der Waals surface area contributed by atoms with Crippen molar-refractivity contribution in [3.63, 3.8) is 0 Å². The lowest BCUT2D eigenvalue weighted by atomic mass is 9.95. The van der Waals surface area contributed by atoms with Crippen molar-refractivity contribution in [3.05, 3.63) is 29.2 Å². The smallest absolute Gasteiger partial charge is 0.246 e. The molecule has 0 unspecified atom stereocenters. The predicted molar refractivity (Wildman–Crippen MR) is 124 cm³/mol. The van der Waals surface area contributed by atoms with Gasteiger partial charge in [0.1, 0.15) is 17.7 Å². The van der Waals surface area contributed by atoms with Crippen LogP contribution in [0.15, 0.2) is 18.5 Å². The Morgan fingerprint density at radius 1 is 1.25 bits per heavy atom. The quantitative estimate of drug-likeness (QED) is 0.685. The summed E-state index contributed by atoms with van der Waals surface area (Å²) in [6.07, 6.45) is 7.46. The summed E-state index contributed by atoms with van der Waals surface area (Å²) in [5.41, 5.74) is 0. The average molecular weight is 458 g/mol. The second kappa shape index (κ2) is 10.4. The van der Waals surface area contributed by atoms with E-state index in [4.69, 9.17) is 4.98 Å². The minimum atomic E-state index is -0.405. The molecule has 0 saturated carbocycles. The molecular formula is C22H31N7O2S. The minimum Gasteiger partial charge on any atom is -0.341 e. The zero-order valence-electron chi connectivity index (χ0n) is 18.7. The Kier molecular flexibility index (Phi) is 7.31. The van der Waals surface area contributed by atoms with E-state index in [9.17, 15) is 9.59 Å². The van der Waals surface area contributed by atoms with Crippen LogP contribution >= 0.6 is 11.3 Å². The van der Waals surface area contributed by atoms with Crippen LogP contribution in [0.5, 0.6) is 0 Å². The van der Waals surface area contributed by atoms with E-state index >= 15 is 0 Å². The highest BCUT2D eigenvalue weighted by molar-refractivity contribution is 7.15. The summed E-state index contributed by atoms with van der Waals surface area (Å²) in [6, 6.07) is 1.45. The van der Waals surface area contributed by atoms with Crippen LogP contribution in [0.3, 0.4) is 0 Å². The number of aryl methyl sites for hydroxylation is 1. The molecule has 0 aliphatic carbocycles. The van der Waals surface area contributed by atoms with E-state index < -0.39 is 6.04 Å². The molecule has 32 heavy (non-hydrogen) atoms. The van der Waals surface area contributed by atoms with E-state index in [1.54, 1.807) is 22.4 Å². The lowest BCUT2D eigenvalue weighted by Crippen LogP contribution is -2.60. The van der Waals surface area contributed by atoms with Crippen LogP contribution in [0.2, 0.25) is 0 Å². The molecule has 2 saturated heterocycles. The normalized spacial score (nSPS) is 19.8. The number of nitrogens with one attached hydrogen (secondary N) is 2. The van der Waals surface area contributed by atoms with Crippen molar-refractivity contribution in [2.75, 3.05) is 38.0 Å². The Hall–Kier alpha value is -2.59. The van der Waals surface area contributed by atoms with Crippen LogP contribution in [-0.4, -0.2) is 75.3 Å². The van der Waals surface area contributed by atoms with Crippen LogP contribution in [0.1, 0.15) is 49.7 Å². The van der Waals surface area contributed by atoms with Gasteiger partial charge in [-0.1, -0.05) is 13.3 Å². The monoisotopic (exact) mass is 457 g/mol. The van der Waals surface area contributed by atoms with Crippen molar-refractivity contribution in [1.82, 2.24) is 30.1 Å². The summed E-state index contributed by atoms with van der Waals surface area (Å²) >= 11 is 1.65. The van der Waals surface area contributed by atoms with E-state index in [0.29, 0.717) is 26.2 Å². The number of amides is 2. The fraction of sp³-hybridized carbons (Fsp3) is 0.591. The van der Waals surface area contributed by atoms with Gasteiger partial charge in [-0.3, -0.25) is 9.59 Å². The maximum absolute atomic E-state index is 13.1. The Balaban J connectivity index is 1.35. The number of piperazine rings is 1. The topological polar surface area (TPSA) is 103 Å². The summed E-state index contributed by atoms with van der Waals surface area (Å²) in [6.45, 7) is 6.83. The molecule has 10 heteroatoms. The number of anilines is 2. The van der Waals surface area contributed by atoms with Gasteiger partial charge in [-0.15, -0.1) is 11.3 Å². The molecule has 1 atom stereocenters. The van der Waals surface area contributed by atoms with Gasteiger partial charge in [-0.05, 0) is 25.3 Å². The van der Waals surface area contributed by atoms with Gasteiger partial charge in [0.05, 0.1) is 0 Å². The predicted octanol–water partition coefficient (Wildman–Crippen LogP) is 2.16. The van der Waals surface area contributed by atoms with Gasteiger partial charge >= 0.3 is 0 Å². The number of likely N-dealkylation sites (tertiary alicyclic amines) is 1. The van der Waals surface area contributed by atoms with Crippen molar-refractivity contribution < 1.29 is 9.59 Å². The number of hydrogen-bond donors (Lipinski definition) is 2. The van der Waals surface area contributed by atoms with Gasteiger partial charge in [-0.2, -0.15) is 0 Å². The largest absolute Gasteiger partial charge is 0.341 e. The molecule has 0 aromatic carbocycles. The van der Waals surface area contributed by atoms with E-state index in [1.165, 1.54) is 11.8 Å². The molecule has 172 valence electrons. The van der Waals surface area contributed by atoms with Crippen molar-refractivity contribution in [2.24, 2.45) is 0 Å². The lowest BCUT2D eigenvalue weighted by molar-refractivity contribution is -0.146. The van der Waals surface area contributed by atoms with Gasteiger partial charge in [0.25, 0.3) is 0 Å². The summed E-state index contributed by atoms with van der Waals surface area (Å²) in [4.78, 5) is 43.5. The third-order valence-electron chi connectivity index (χ3n) is 6.06. The SMILES string of the molecule is CCCc1cnc(Nc2ccnc(C3CCN(C(=O)[C@H]4CNCCN4C(C)=O)CC3)n2)s1. The zero-order chi connectivity index (χ0) is 22.5. The van der Waals surface area contributed by atoms with Crippen LogP contribution in [0.25, 0.3) is 0 Å². The number of aromatic nitrogens is 3. The fourth-order valence-electron chi connectivity index (χ4n) is 4.35. The summed E-state index contributed by atoms with van der Waals surface area (Å²) in [7, 11) is 0. The summed E-state index contributed by atoms with van der Waals surface area (Å²) in [5.74, 6) is 1.75. The molecule has 4 rings (SSSR count). The van der Waals surface area contributed by atoms with E-state index in [2.05, 4.69) is 27.5 Å². The first-order valence-electron chi connectivity index (χ1n) is 11.4. The first-order valence-corrected chi connectivity index (χ1v) is 12.2. The van der Waals surface area contributed by atoms with E-state index in [1.807, 2.05) is 17.2 Å². The first-order chi connectivity index (χ1) is 15.5. The molecule has 2 aromatic rings. The minimum absolute atomic E-state index is 0.0360. The molecule has 2 aliphatic rings. The van der Waals surface area contributed by atoms with Gasteiger partial charge in [0.2, 0.25) is 11.8 Å². The Bertz CT molecular complexity index is 942. The number of nitrogens with zero attached hydrogens (tertiary/aromatic N) is 5. The van der Waals surface area contributed by atoms with Gasteiger partial charge in [0.15, 0.2) is 5.13 Å². The number of thiazole rings is 1. The number of rotatable bonds is 6. The maximum atomic E-state index is 13.1. The third-order valence-corrected chi connectivity index (χ3v) is 7.04. The second-order valence-corrected chi connectivity index (χ2v) is 9.45. The highest BCUT2D eigenvalue weighted by atomic mass is 32.1. The summed E-state index contributed by atoms with van der Waals surface area (Å²) < 4.78 is 0. The zero-order valence-corrected chi connectivity index (χ0v) is 19.5. The molecule has 0 spiro atoms. The van der Waals surface area contributed by atoms with Crippen LogP contribution < -0.4 is 10.6 Å². The standard InChI is InChI=1S/C22H31N7O2S/c1-3-4-17-13-25-22(32-17)27-19-5-8-24-20(26-19)16-6-10-28(11-7-16)21(31)18-14-23-9-12-29(18)15(2)30/h5,8,13,16,18,23H,3-4,6-7,9-12,14H2,1-2H3,(H,24,25,26,27)/t18-/m1/s1. The Labute approximate surface area is 192 Å². The molecule has 2 aromatic heterocycles. The molecule has 0 radical (unpaired) electrons. The van der Waals surface area contributed by atoms with Crippen LogP contribution in [0.4, 0.5) is 10.9 Å². The van der Waals surface area contributed by atoms with Crippen LogP contribution in [-0.2, 0) is 16.0 Å². The van der Waals surface area contributed by atoms with Crippen molar-refractivity contribution in [2.45, 2.75) is 51.5 Å². The first kappa shape index (κ1) is 22.6. The van der Waals surface area contributed by atoms with Gasteiger partial charge in [-0.25, -0.2) is 15.0 Å². The molecule has 2 fully saturated rings. The van der Waals surface area contributed by atoms with Crippen molar-refractivity contribution >= 4 is 34.1 Å². The lowest BCUT2D eigenvalue weighted by Gasteiger charge is -2.39. The molecule has 4 heterocycles. The molecule has 2 amide bonds. The molecule has 0 bridgehead atoms. The molecular weight excluding hydrogens is 426 g/mol. The van der Waals surface area contributed by atoms with E-state index in [-0.39, 0.29) is 17.7 Å². The number of carbonyl (C=O) groups is 2. The van der Waals surface area contributed by atoms with E-state index in [0.717, 1.165) is 49.0 Å². The average Bonchev–Trinajstić information content (AvgIpc) is 3.26. The van der Waals surface area contributed by atoms with Gasteiger partial charge in [0, 0.05) is 62.8 Å². The maximum Gasteiger partial charge on any atom is 0.246 e. The number of carbonyl (C=O) groups excluding carboxylic acids is 2.